The van der Waals surface area contributed by atoms with Crippen LogP contribution in [0.15, 0.2) is 65.7 Å². The normalized spacial score (nSPS) is 11.6. The van der Waals surface area contributed by atoms with Gasteiger partial charge in [-0.3, -0.25) is 4.98 Å². The lowest BCUT2D eigenvalue weighted by molar-refractivity contribution is 0.0527. The number of hydrogen-bond donors (Lipinski definition) is 2. The van der Waals surface area contributed by atoms with Crippen molar-refractivity contribution in [2.45, 2.75) is 24.1 Å². The molecule has 35 heavy (non-hydrogen) atoms. The van der Waals surface area contributed by atoms with Crippen molar-refractivity contribution in [3.8, 4) is 17.0 Å². The third kappa shape index (κ3) is 4.52. The minimum atomic E-state index is -3.77. The van der Waals surface area contributed by atoms with Gasteiger partial charge in [-0.2, -0.15) is 0 Å². The summed E-state index contributed by atoms with van der Waals surface area (Å²) in [5.74, 6) is -1.08. The van der Waals surface area contributed by atoms with Crippen molar-refractivity contribution >= 4 is 26.7 Å². The van der Waals surface area contributed by atoms with Gasteiger partial charge >= 0.3 is 5.97 Å². The summed E-state index contributed by atoms with van der Waals surface area (Å²) in [7, 11) is -0.331. The van der Waals surface area contributed by atoms with Crippen LogP contribution in [0, 0.1) is 0 Å². The van der Waals surface area contributed by atoms with Gasteiger partial charge in [0.15, 0.2) is 9.84 Å². The minimum Gasteiger partial charge on any atom is -0.507 e. The van der Waals surface area contributed by atoms with Crippen LogP contribution in [0.25, 0.3) is 22.2 Å². The first-order valence-corrected chi connectivity index (χ1v) is 12.8. The Morgan fingerprint density at radius 2 is 1.86 bits per heavy atom. The van der Waals surface area contributed by atoms with Gasteiger partial charge in [0.25, 0.3) is 0 Å². The zero-order valence-electron chi connectivity index (χ0n) is 19.8. The van der Waals surface area contributed by atoms with E-state index in [1.54, 1.807) is 68.2 Å². The molecule has 8 nitrogen and oxygen atoms in total. The number of esters is 1. The third-order valence-electron chi connectivity index (χ3n) is 5.89. The van der Waals surface area contributed by atoms with Crippen LogP contribution in [-0.2, 0) is 33.9 Å². The molecule has 0 atom stereocenters. The van der Waals surface area contributed by atoms with Gasteiger partial charge < -0.3 is 19.7 Å². The van der Waals surface area contributed by atoms with E-state index in [1.165, 1.54) is 12.1 Å². The van der Waals surface area contributed by atoms with Crippen LogP contribution in [0.4, 0.5) is 0 Å². The molecule has 0 amide bonds. The zero-order chi connectivity index (χ0) is 25.2. The fraction of sp³-hybridized carbons (Fsp3) is 0.231. The molecule has 182 valence electrons. The fourth-order valence-corrected chi connectivity index (χ4v) is 5.70. The lowest BCUT2D eigenvalue weighted by Gasteiger charge is -2.13. The van der Waals surface area contributed by atoms with Crippen LogP contribution in [0.2, 0.25) is 0 Å². The topological polar surface area (TPSA) is 111 Å². The van der Waals surface area contributed by atoms with Crippen LogP contribution >= 0.6 is 0 Å². The number of phenolic OH excluding ortho intramolecular Hbond substituents is 1. The summed E-state index contributed by atoms with van der Waals surface area (Å²) in [6, 6.07) is 15.2. The summed E-state index contributed by atoms with van der Waals surface area (Å²) in [6.45, 7) is 2.05. The third-order valence-corrected chi connectivity index (χ3v) is 7.53. The largest absolute Gasteiger partial charge is 0.507 e. The Labute approximate surface area is 204 Å². The van der Waals surface area contributed by atoms with Crippen LogP contribution in [0.3, 0.4) is 0 Å². The van der Waals surface area contributed by atoms with Crippen LogP contribution in [-0.4, -0.2) is 42.7 Å². The SMILES string of the molecule is CCOC(=O)c1c(CS(=O)(=O)c2ccccc2)n(C)c2cc(-c3ccccn3)c(O)c(CNC)c12. The quantitative estimate of drug-likeness (QED) is 0.359. The molecule has 0 spiro atoms. The standard InChI is InChI=1S/C26H27N3O5S/c1-4-34-26(31)24-22(16-35(32,33)17-10-6-5-7-11-17)29(3)21-14-18(20-12-8-9-13-28-20)25(30)19(15-27-2)23(21)24/h5-14,27,30H,4,15-16H2,1-3H3. The summed E-state index contributed by atoms with van der Waals surface area (Å²) in [5.41, 5.74) is 2.52. The van der Waals surface area contributed by atoms with Crippen molar-refractivity contribution in [1.29, 1.82) is 0 Å². The van der Waals surface area contributed by atoms with Gasteiger partial charge in [-0.1, -0.05) is 24.3 Å². The molecule has 9 heteroatoms. The van der Waals surface area contributed by atoms with Gasteiger partial charge in [0, 0.05) is 42.0 Å². The van der Waals surface area contributed by atoms with E-state index in [4.69, 9.17) is 4.74 Å². The minimum absolute atomic E-state index is 0.0286. The number of nitrogens with zero attached hydrogens (tertiary/aromatic N) is 2. The molecule has 4 aromatic rings. The molecular weight excluding hydrogens is 466 g/mol. The van der Waals surface area contributed by atoms with E-state index in [-0.39, 0.29) is 35.1 Å². The first-order valence-electron chi connectivity index (χ1n) is 11.2. The summed E-state index contributed by atoms with van der Waals surface area (Å²) in [4.78, 5) is 17.7. The highest BCUT2D eigenvalue weighted by Crippen LogP contribution is 2.41. The summed E-state index contributed by atoms with van der Waals surface area (Å²) < 4.78 is 33.6. The van der Waals surface area contributed by atoms with E-state index in [1.807, 2.05) is 6.07 Å². The summed E-state index contributed by atoms with van der Waals surface area (Å²) in [6.07, 6.45) is 1.63. The second-order valence-corrected chi connectivity index (χ2v) is 10.1. The number of hydrogen-bond acceptors (Lipinski definition) is 7. The van der Waals surface area contributed by atoms with Gasteiger partial charge in [0.05, 0.1) is 34.0 Å². The molecule has 0 unspecified atom stereocenters. The Morgan fingerprint density at radius 3 is 2.49 bits per heavy atom. The van der Waals surface area contributed by atoms with Crippen LogP contribution in [0.1, 0.15) is 28.5 Å². The average molecular weight is 494 g/mol. The Kier molecular flexibility index (Phi) is 6.90. The van der Waals surface area contributed by atoms with Gasteiger partial charge in [-0.25, -0.2) is 13.2 Å². The van der Waals surface area contributed by atoms with E-state index in [0.717, 1.165) is 0 Å². The van der Waals surface area contributed by atoms with Gasteiger partial charge in [-0.05, 0) is 44.3 Å². The molecule has 2 aromatic carbocycles. The van der Waals surface area contributed by atoms with Gasteiger partial charge in [0.2, 0.25) is 0 Å². The molecule has 0 saturated heterocycles. The highest BCUT2D eigenvalue weighted by molar-refractivity contribution is 7.90. The maximum Gasteiger partial charge on any atom is 0.340 e. The predicted octanol–water partition coefficient (Wildman–Crippen LogP) is 3.82. The molecule has 0 aliphatic carbocycles. The Balaban J connectivity index is 2.04. The Hall–Kier alpha value is -3.69. The lowest BCUT2D eigenvalue weighted by atomic mass is 9.98. The number of pyridine rings is 1. The molecule has 0 fully saturated rings. The average Bonchev–Trinajstić information content (AvgIpc) is 3.12. The van der Waals surface area contributed by atoms with E-state index in [0.29, 0.717) is 27.7 Å². The molecule has 2 aromatic heterocycles. The number of ether oxygens (including phenoxy) is 1. The summed E-state index contributed by atoms with van der Waals surface area (Å²) in [5, 5.41) is 14.7. The van der Waals surface area contributed by atoms with Crippen molar-refractivity contribution in [3.05, 3.63) is 77.6 Å². The highest BCUT2D eigenvalue weighted by Gasteiger charge is 2.30. The number of aryl methyl sites for hydroxylation is 1. The molecule has 2 N–H and O–H groups in total. The van der Waals surface area contributed by atoms with Crippen molar-refractivity contribution in [1.82, 2.24) is 14.9 Å². The van der Waals surface area contributed by atoms with Crippen LogP contribution < -0.4 is 5.32 Å². The first kappa shape index (κ1) is 24.4. The van der Waals surface area contributed by atoms with Crippen molar-refractivity contribution in [2.24, 2.45) is 7.05 Å². The lowest BCUT2D eigenvalue weighted by Crippen LogP contribution is -2.14. The molecule has 0 saturated carbocycles. The first-order chi connectivity index (χ1) is 16.8. The number of rotatable bonds is 8. The van der Waals surface area contributed by atoms with E-state index < -0.39 is 21.6 Å². The molecule has 0 bridgehead atoms. The number of fused-ring (bicyclic) bond motifs is 1. The second-order valence-electron chi connectivity index (χ2n) is 8.06. The van der Waals surface area contributed by atoms with Crippen molar-refractivity contribution in [3.63, 3.8) is 0 Å². The predicted molar refractivity (Wildman–Crippen MR) is 134 cm³/mol. The number of aromatic nitrogens is 2. The van der Waals surface area contributed by atoms with Crippen molar-refractivity contribution in [2.75, 3.05) is 13.7 Å². The number of carbonyl (C=O) groups excluding carboxylic acids is 1. The maximum atomic E-state index is 13.3. The number of nitrogens with one attached hydrogen (secondary N) is 1. The molecule has 0 aliphatic rings. The zero-order valence-corrected chi connectivity index (χ0v) is 20.6. The van der Waals surface area contributed by atoms with Crippen LogP contribution in [0.5, 0.6) is 5.75 Å². The number of phenols is 1. The Morgan fingerprint density at radius 1 is 1.14 bits per heavy atom. The molecule has 2 heterocycles. The molecule has 0 radical (unpaired) electrons. The maximum absolute atomic E-state index is 13.3. The number of aromatic hydroxyl groups is 1. The molecule has 0 aliphatic heterocycles. The number of benzene rings is 2. The molecular formula is C26H27N3O5S. The monoisotopic (exact) mass is 493 g/mol. The van der Waals surface area contributed by atoms with E-state index >= 15 is 0 Å². The van der Waals surface area contributed by atoms with Gasteiger partial charge in [0.1, 0.15) is 5.75 Å². The number of sulfone groups is 1. The summed E-state index contributed by atoms with van der Waals surface area (Å²) >= 11 is 0. The van der Waals surface area contributed by atoms with Crippen molar-refractivity contribution < 1.29 is 23.1 Å². The highest BCUT2D eigenvalue weighted by atomic mass is 32.2. The smallest absolute Gasteiger partial charge is 0.340 e. The van der Waals surface area contributed by atoms with E-state index in [9.17, 15) is 18.3 Å². The fourth-order valence-electron chi connectivity index (χ4n) is 4.26. The number of carbonyl (C=O) groups is 1. The van der Waals surface area contributed by atoms with Gasteiger partial charge in [-0.15, -0.1) is 0 Å². The van der Waals surface area contributed by atoms with E-state index in [2.05, 4.69) is 10.3 Å². The second kappa shape index (κ2) is 9.89. The Bertz CT molecular complexity index is 1480. The molecule has 4 rings (SSSR count).